The lowest BCUT2D eigenvalue weighted by Crippen LogP contribution is -2.07. The van der Waals surface area contributed by atoms with E-state index in [0.717, 1.165) is 5.01 Å². The van der Waals surface area contributed by atoms with Crippen LogP contribution in [-0.2, 0) is 6.42 Å². The number of aromatic carboxylic acids is 1. The van der Waals surface area contributed by atoms with Crippen molar-refractivity contribution in [2.45, 2.75) is 6.42 Å². The Balaban J connectivity index is 1.84. The van der Waals surface area contributed by atoms with E-state index in [-0.39, 0.29) is 5.69 Å². The van der Waals surface area contributed by atoms with Crippen LogP contribution in [-0.4, -0.2) is 32.8 Å². The summed E-state index contributed by atoms with van der Waals surface area (Å²) >= 11 is 6.94. The molecule has 2 N–H and O–H groups in total. The van der Waals surface area contributed by atoms with Gasteiger partial charge in [0, 0.05) is 18.3 Å². The molecule has 0 aliphatic rings. The minimum atomic E-state index is -1.01. The summed E-state index contributed by atoms with van der Waals surface area (Å²) in [4.78, 5) is 14.6. The molecule has 8 heteroatoms. The number of anilines is 1. The third-order valence-electron chi connectivity index (χ3n) is 2.05. The van der Waals surface area contributed by atoms with Gasteiger partial charge in [-0.15, -0.1) is 21.5 Å². The Kier molecular flexibility index (Phi) is 4.06. The molecular formula is C10H9ClN4O2S. The Hall–Kier alpha value is -1.73. The number of thiazole rings is 1. The Morgan fingerprint density at radius 2 is 2.28 bits per heavy atom. The molecule has 6 nitrogen and oxygen atoms in total. The Morgan fingerprint density at radius 1 is 1.44 bits per heavy atom. The van der Waals surface area contributed by atoms with Gasteiger partial charge in [0.1, 0.15) is 5.82 Å². The minimum Gasteiger partial charge on any atom is -0.476 e. The summed E-state index contributed by atoms with van der Waals surface area (Å²) in [6, 6.07) is 3.36. The lowest BCUT2D eigenvalue weighted by Gasteiger charge is -2.02. The largest absolute Gasteiger partial charge is 0.476 e. The van der Waals surface area contributed by atoms with E-state index in [9.17, 15) is 4.79 Å². The SMILES string of the molecule is O=C(O)c1csc(CCNc2ccc(Cl)nn2)n1. The number of carboxylic acid groups (broad SMARTS) is 1. The first-order valence-electron chi connectivity index (χ1n) is 5.06. The average molecular weight is 285 g/mol. The molecule has 2 rings (SSSR count). The number of hydrogen-bond donors (Lipinski definition) is 2. The summed E-state index contributed by atoms with van der Waals surface area (Å²) in [6.07, 6.45) is 0.627. The van der Waals surface area contributed by atoms with E-state index in [0.29, 0.717) is 23.9 Å². The molecule has 18 heavy (non-hydrogen) atoms. The van der Waals surface area contributed by atoms with Gasteiger partial charge in [0.25, 0.3) is 0 Å². The van der Waals surface area contributed by atoms with Crippen molar-refractivity contribution in [3.05, 3.63) is 33.4 Å². The van der Waals surface area contributed by atoms with E-state index in [1.807, 2.05) is 0 Å². The topological polar surface area (TPSA) is 88.0 Å². The molecule has 2 heterocycles. The van der Waals surface area contributed by atoms with Crippen molar-refractivity contribution in [2.24, 2.45) is 0 Å². The molecule has 0 aliphatic carbocycles. The van der Waals surface area contributed by atoms with Crippen molar-refractivity contribution in [1.82, 2.24) is 15.2 Å². The average Bonchev–Trinajstić information content (AvgIpc) is 2.81. The zero-order valence-electron chi connectivity index (χ0n) is 9.13. The van der Waals surface area contributed by atoms with Crippen molar-refractivity contribution < 1.29 is 9.90 Å². The lowest BCUT2D eigenvalue weighted by atomic mass is 10.4. The molecule has 2 aromatic rings. The number of carbonyl (C=O) groups is 1. The van der Waals surface area contributed by atoms with Crippen LogP contribution >= 0.6 is 22.9 Å². The van der Waals surface area contributed by atoms with Gasteiger partial charge in [-0.1, -0.05) is 11.6 Å². The highest BCUT2D eigenvalue weighted by Crippen LogP contribution is 2.11. The monoisotopic (exact) mass is 284 g/mol. The fraction of sp³-hybridized carbons (Fsp3) is 0.200. The molecule has 0 atom stereocenters. The number of hydrogen-bond acceptors (Lipinski definition) is 6. The number of rotatable bonds is 5. The second kappa shape index (κ2) is 5.74. The summed E-state index contributed by atoms with van der Waals surface area (Å²) < 4.78 is 0. The first kappa shape index (κ1) is 12.7. The van der Waals surface area contributed by atoms with E-state index in [1.165, 1.54) is 16.7 Å². The second-order valence-electron chi connectivity index (χ2n) is 3.35. The quantitative estimate of drug-likeness (QED) is 0.872. The zero-order chi connectivity index (χ0) is 13.0. The van der Waals surface area contributed by atoms with Gasteiger partial charge in [0.2, 0.25) is 0 Å². The van der Waals surface area contributed by atoms with Crippen LogP contribution in [0.25, 0.3) is 0 Å². The van der Waals surface area contributed by atoms with Gasteiger partial charge in [-0.2, -0.15) is 0 Å². The normalized spacial score (nSPS) is 10.3. The fourth-order valence-corrected chi connectivity index (χ4v) is 2.10. The second-order valence-corrected chi connectivity index (χ2v) is 4.68. The summed E-state index contributed by atoms with van der Waals surface area (Å²) in [5, 5.41) is 21.9. The molecule has 94 valence electrons. The highest BCUT2D eigenvalue weighted by atomic mass is 35.5. The molecule has 0 radical (unpaired) electrons. The minimum absolute atomic E-state index is 0.0845. The van der Waals surface area contributed by atoms with Crippen LogP contribution in [0.3, 0.4) is 0 Å². The van der Waals surface area contributed by atoms with Gasteiger partial charge in [0.05, 0.1) is 5.01 Å². The van der Waals surface area contributed by atoms with Crippen LogP contribution in [0.1, 0.15) is 15.5 Å². The third-order valence-corrected chi connectivity index (χ3v) is 3.16. The highest BCUT2D eigenvalue weighted by molar-refractivity contribution is 7.09. The van der Waals surface area contributed by atoms with Crippen LogP contribution in [0.4, 0.5) is 5.82 Å². The van der Waals surface area contributed by atoms with E-state index in [2.05, 4.69) is 20.5 Å². The van der Waals surface area contributed by atoms with Crippen molar-refractivity contribution in [3.63, 3.8) is 0 Å². The summed E-state index contributed by atoms with van der Waals surface area (Å²) in [5.74, 6) is -0.386. The molecule has 0 fully saturated rings. The van der Waals surface area contributed by atoms with Gasteiger partial charge in [-0.25, -0.2) is 9.78 Å². The predicted octanol–water partition coefficient (Wildman–Crippen LogP) is 1.94. The van der Waals surface area contributed by atoms with Crippen LogP contribution in [0, 0.1) is 0 Å². The van der Waals surface area contributed by atoms with Crippen molar-refractivity contribution >= 4 is 34.7 Å². The Bertz CT molecular complexity index is 543. The van der Waals surface area contributed by atoms with E-state index in [1.54, 1.807) is 12.1 Å². The van der Waals surface area contributed by atoms with E-state index in [4.69, 9.17) is 16.7 Å². The van der Waals surface area contributed by atoms with Crippen LogP contribution in [0.5, 0.6) is 0 Å². The Morgan fingerprint density at radius 3 is 2.89 bits per heavy atom. The summed E-state index contributed by atoms with van der Waals surface area (Å²) in [6.45, 7) is 0.600. The molecule has 0 aromatic carbocycles. The molecule has 0 bridgehead atoms. The van der Waals surface area contributed by atoms with Crippen molar-refractivity contribution in [1.29, 1.82) is 0 Å². The smallest absolute Gasteiger partial charge is 0.355 e. The zero-order valence-corrected chi connectivity index (χ0v) is 10.7. The first-order valence-corrected chi connectivity index (χ1v) is 6.32. The Labute approximate surface area is 112 Å². The molecule has 0 spiro atoms. The van der Waals surface area contributed by atoms with Crippen LogP contribution in [0.15, 0.2) is 17.5 Å². The summed E-state index contributed by atoms with van der Waals surface area (Å²) in [5.41, 5.74) is 0.0845. The number of nitrogens with one attached hydrogen (secondary N) is 1. The first-order chi connectivity index (χ1) is 8.65. The molecule has 0 saturated carbocycles. The van der Waals surface area contributed by atoms with Crippen molar-refractivity contribution in [2.75, 3.05) is 11.9 Å². The molecule has 0 saturated heterocycles. The predicted molar refractivity (Wildman–Crippen MR) is 68.3 cm³/mol. The standard InChI is InChI=1S/C10H9ClN4O2S/c11-7-1-2-8(15-14-7)12-4-3-9-13-6(5-18-9)10(16)17/h1-2,5H,3-4H2,(H,12,15)(H,16,17). The van der Waals surface area contributed by atoms with Gasteiger partial charge in [-0.3, -0.25) is 0 Å². The van der Waals surface area contributed by atoms with Gasteiger partial charge >= 0.3 is 5.97 Å². The van der Waals surface area contributed by atoms with Gasteiger partial charge in [0.15, 0.2) is 10.8 Å². The van der Waals surface area contributed by atoms with Crippen LogP contribution in [0.2, 0.25) is 5.15 Å². The fourth-order valence-electron chi connectivity index (χ4n) is 1.23. The van der Waals surface area contributed by atoms with Gasteiger partial charge < -0.3 is 10.4 Å². The number of aromatic nitrogens is 3. The molecule has 2 aromatic heterocycles. The third kappa shape index (κ3) is 3.38. The molecule has 0 unspecified atom stereocenters. The number of nitrogens with zero attached hydrogens (tertiary/aromatic N) is 3. The molecular weight excluding hydrogens is 276 g/mol. The van der Waals surface area contributed by atoms with Gasteiger partial charge in [-0.05, 0) is 12.1 Å². The highest BCUT2D eigenvalue weighted by Gasteiger charge is 2.08. The lowest BCUT2D eigenvalue weighted by molar-refractivity contribution is 0.0691. The number of halogens is 1. The molecule has 0 aliphatic heterocycles. The molecule has 0 amide bonds. The van der Waals surface area contributed by atoms with E-state index >= 15 is 0 Å². The maximum Gasteiger partial charge on any atom is 0.355 e. The summed E-state index contributed by atoms with van der Waals surface area (Å²) in [7, 11) is 0. The number of carboxylic acids is 1. The maximum atomic E-state index is 10.6. The van der Waals surface area contributed by atoms with Crippen LogP contribution < -0.4 is 5.32 Å². The van der Waals surface area contributed by atoms with Crippen molar-refractivity contribution in [3.8, 4) is 0 Å². The maximum absolute atomic E-state index is 10.6. The van der Waals surface area contributed by atoms with E-state index < -0.39 is 5.97 Å².